The van der Waals surface area contributed by atoms with Crippen LogP contribution in [0.5, 0.6) is 5.75 Å². The summed E-state index contributed by atoms with van der Waals surface area (Å²) in [6, 6.07) is 18.6. The lowest BCUT2D eigenvalue weighted by molar-refractivity contribution is 0.106. The molecule has 0 bridgehead atoms. The normalized spacial score (nSPS) is 12.6. The number of nitrogens with one attached hydrogen (secondary N) is 2. The summed E-state index contributed by atoms with van der Waals surface area (Å²) in [6.45, 7) is 1.25. The summed E-state index contributed by atoms with van der Waals surface area (Å²) in [4.78, 5) is 4.63. The number of sulfonamides is 1. The van der Waals surface area contributed by atoms with Gasteiger partial charge in [-0.2, -0.15) is 0 Å². The maximum absolute atomic E-state index is 11.2. The standard InChI is InChI=1S/C21H25N3O4S/c1-29(26,27)24-18-8-10-20(11-9-18)28-15-19(25)14-22-13-12-17-7-6-16-4-2-3-5-21(16)23-17/h2-11,19,22,24-25H,12-15H2,1H3. The van der Waals surface area contributed by atoms with Gasteiger partial charge in [-0.3, -0.25) is 9.71 Å². The molecule has 0 aliphatic heterocycles. The fourth-order valence-electron chi connectivity index (χ4n) is 2.82. The molecule has 2 aromatic carbocycles. The first kappa shape index (κ1) is 21.0. The SMILES string of the molecule is CS(=O)(=O)Nc1ccc(OCC(O)CNCCc2ccc3ccccc3n2)cc1. The van der Waals surface area contributed by atoms with Crippen LogP contribution < -0.4 is 14.8 Å². The molecule has 7 nitrogen and oxygen atoms in total. The number of benzene rings is 2. The predicted octanol–water partition coefficient (Wildman–Crippen LogP) is 2.18. The van der Waals surface area contributed by atoms with Crippen molar-refractivity contribution < 1.29 is 18.3 Å². The molecule has 1 aromatic heterocycles. The Balaban J connectivity index is 1.36. The van der Waals surface area contributed by atoms with E-state index in [9.17, 15) is 13.5 Å². The third kappa shape index (κ3) is 7.01. The third-order valence-corrected chi connectivity index (χ3v) is 4.80. The molecule has 0 fully saturated rings. The summed E-state index contributed by atoms with van der Waals surface area (Å²) in [7, 11) is -3.30. The first-order valence-electron chi connectivity index (χ1n) is 9.33. The van der Waals surface area contributed by atoms with Crippen molar-refractivity contribution >= 4 is 26.6 Å². The van der Waals surface area contributed by atoms with E-state index < -0.39 is 16.1 Å². The van der Waals surface area contributed by atoms with Crippen molar-refractivity contribution in [3.05, 3.63) is 66.4 Å². The first-order chi connectivity index (χ1) is 13.9. The van der Waals surface area contributed by atoms with E-state index in [0.717, 1.165) is 29.3 Å². The van der Waals surface area contributed by atoms with E-state index in [1.165, 1.54) is 0 Å². The second kappa shape index (κ2) is 9.69. The van der Waals surface area contributed by atoms with Gasteiger partial charge in [-0.1, -0.05) is 24.3 Å². The highest BCUT2D eigenvalue weighted by atomic mass is 32.2. The molecule has 29 heavy (non-hydrogen) atoms. The van der Waals surface area contributed by atoms with Gasteiger partial charge in [0.25, 0.3) is 0 Å². The molecule has 1 atom stereocenters. The van der Waals surface area contributed by atoms with E-state index in [4.69, 9.17) is 4.74 Å². The van der Waals surface area contributed by atoms with Gasteiger partial charge in [-0.05, 0) is 36.4 Å². The van der Waals surface area contributed by atoms with E-state index in [1.807, 2.05) is 30.3 Å². The fourth-order valence-corrected chi connectivity index (χ4v) is 3.38. The molecule has 0 spiro atoms. The second-order valence-electron chi connectivity index (χ2n) is 6.81. The summed E-state index contributed by atoms with van der Waals surface area (Å²) in [6.07, 6.45) is 1.21. The van der Waals surface area contributed by atoms with E-state index in [0.29, 0.717) is 24.5 Å². The minimum absolute atomic E-state index is 0.139. The lowest BCUT2D eigenvalue weighted by atomic mass is 10.2. The van der Waals surface area contributed by atoms with Gasteiger partial charge < -0.3 is 15.2 Å². The molecule has 3 rings (SSSR count). The van der Waals surface area contributed by atoms with E-state index in [2.05, 4.69) is 21.1 Å². The molecule has 3 N–H and O–H groups in total. The van der Waals surface area contributed by atoms with Crippen LogP contribution in [0.15, 0.2) is 60.7 Å². The number of pyridine rings is 1. The average molecular weight is 416 g/mol. The largest absolute Gasteiger partial charge is 0.491 e. The number of ether oxygens (including phenoxy) is 1. The van der Waals surface area contributed by atoms with Crippen LogP contribution in [0.2, 0.25) is 0 Å². The zero-order valence-corrected chi connectivity index (χ0v) is 17.0. The first-order valence-corrected chi connectivity index (χ1v) is 11.2. The van der Waals surface area contributed by atoms with Crippen LogP contribution in [0, 0.1) is 0 Å². The van der Waals surface area contributed by atoms with Crippen molar-refractivity contribution in [2.24, 2.45) is 0 Å². The molecule has 0 aliphatic rings. The molecular weight excluding hydrogens is 390 g/mol. The molecule has 1 unspecified atom stereocenters. The Kier molecular flexibility index (Phi) is 7.03. The summed E-state index contributed by atoms with van der Waals surface area (Å²) in [5, 5.41) is 14.4. The monoisotopic (exact) mass is 415 g/mol. The zero-order valence-electron chi connectivity index (χ0n) is 16.2. The van der Waals surface area contributed by atoms with Crippen molar-refractivity contribution in [2.45, 2.75) is 12.5 Å². The molecule has 0 radical (unpaired) electrons. The number of hydrogen-bond acceptors (Lipinski definition) is 6. The van der Waals surface area contributed by atoms with Crippen LogP contribution in [0.4, 0.5) is 5.69 Å². The summed E-state index contributed by atoms with van der Waals surface area (Å²) in [5.74, 6) is 0.559. The number of nitrogens with zero attached hydrogens (tertiary/aromatic N) is 1. The maximum atomic E-state index is 11.2. The highest BCUT2D eigenvalue weighted by molar-refractivity contribution is 7.92. The van der Waals surface area contributed by atoms with Crippen LogP contribution >= 0.6 is 0 Å². The minimum atomic E-state index is -3.30. The van der Waals surface area contributed by atoms with Crippen molar-refractivity contribution in [3.8, 4) is 5.75 Å². The number of anilines is 1. The van der Waals surface area contributed by atoms with Crippen LogP contribution in [0.3, 0.4) is 0 Å². The van der Waals surface area contributed by atoms with E-state index in [1.54, 1.807) is 24.3 Å². The Morgan fingerprint density at radius 3 is 2.59 bits per heavy atom. The number of fused-ring (bicyclic) bond motifs is 1. The van der Waals surface area contributed by atoms with Gasteiger partial charge >= 0.3 is 0 Å². The topological polar surface area (TPSA) is 101 Å². The maximum Gasteiger partial charge on any atom is 0.229 e. The highest BCUT2D eigenvalue weighted by Gasteiger charge is 2.06. The van der Waals surface area contributed by atoms with Crippen molar-refractivity contribution in [2.75, 3.05) is 30.7 Å². The summed E-state index contributed by atoms with van der Waals surface area (Å²) in [5.41, 5.74) is 2.45. The molecule has 3 aromatic rings. The Bertz CT molecular complexity index is 1040. The quantitative estimate of drug-likeness (QED) is 0.439. The van der Waals surface area contributed by atoms with Crippen LogP contribution in [-0.2, 0) is 16.4 Å². The number of para-hydroxylation sites is 1. The van der Waals surface area contributed by atoms with Crippen molar-refractivity contribution in [1.82, 2.24) is 10.3 Å². The predicted molar refractivity (Wildman–Crippen MR) is 115 cm³/mol. The number of rotatable bonds is 10. The molecule has 0 saturated carbocycles. The van der Waals surface area contributed by atoms with Gasteiger partial charge in [-0.25, -0.2) is 8.42 Å². The number of aromatic nitrogens is 1. The number of hydrogen-bond donors (Lipinski definition) is 3. The van der Waals surface area contributed by atoms with E-state index >= 15 is 0 Å². The Morgan fingerprint density at radius 2 is 1.83 bits per heavy atom. The Hall–Kier alpha value is -2.68. The molecule has 0 amide bonds. The van der Waals surface area contributed by atoms with E-state index in [-0.39, 0.29) is 6.61 Å². The number of aliphatic hydroxyl groups excluding tert-OH is 1. The fraction of sp³-hybridized carbons (Fsp3) is 0.286. The molecular formula is C21H25N3O4S. The highest BCUT2D eigenvalue weighted by Crippen LogP contribution is 2.16. The molecule has 8 heteroatoms. The van der Waals surface area contributed by atoms with Crippen LogP contribution in [-0.4, -0.2) is 50.6 Å². The Labute approximate surface area is 170 Å². The van der Waals surface area contributed by atoms with Gasteiger partial charge in [-0.15, -0.1) is 0 Å². The molecule has 0 saturated heterocycles. The van der Waals surface area contributed by atoms with Crippen molar-refractivity contribution in [1.29, 1.82) is 0 Å². The minimum Gasteiger partial charge on any atom is -0.491 e. The Morgan fingerprint density at radius 1 is 1.07 bits per heavy atom. The lowest BCUT2D eigenvalue weighted by Gasteiger charge is -2.14. The molecule has 154 valence electrons. The summed E-state index contributed by atoms with van der Waals surface area (Å²) >= 11 is 0. The third-order valence-electron chi connectivity index (χ3n) is 4.19. The van der Waals surface area contributed by atoms with Gasteiger partial charge in [0.05, 0.1) is 11.8 Å². The second-order valence-corrected chi connectivity index (χ2v) is 8.56. The zero-order chi connectivity index (χ0) is 20.7. The number of aliphatic hydroxyl groups is 1. The average Bonchev–Trinajstić information content (AvgIpc) is 2.69. The summed E-state index contributed by atoms with van der Waals surface area (Å²) < 4.78 is 30.3. The smallest absolute Gasteiger partial charge is 0.229 e. The molecule has 1 heterocycles. The van der Waals surface area contributed by atoms with Crippen molar-refractivity contribution in [3.63, 3.8) is 0 Å². The van der Waals surface area contributed by atoms with Crippen LogP contribution in [0.25, 0.3) is 10.9 Å². The van der Waals surface area contributed by atoms with Crippen LogP contribution in [0.1, 0.15) is 5.69 Å². The van der Waals surface area contributed by atoms with Gasteiger partial charge in [0.2, 0.25) is 10.0 Å². The van der Waals surface area contributed by atoms with Gasteiger partial charge in [0.15, 0.2) is 0 Å². The lowest BCUT2D eigenvalue weighted by Crippen LogP contribution is -2.32. The molecule has 0 aliphatic carbocycles. The van der Waals surface area contributed by atoms with Gasteiger partial charge in [0, 0.05) is 36.3 Å². The van der Waals surface area contributed by atoms with Gasteiger partial charge in [0.1, 0.15) is 18.5 Å².